The van der Waals surface area contributed by atoms with Crippen molar-refractivity contribution in [3.05, 3.63) is 0 Å². The summed E-state index contributed by atoms with van der Waals surface area (Å²) in [5.41, 5.74) is 10.2. The second-order valence-corrected chi connectivity index (χ2v) is 4.33. The van der Waals surface area contributed by atoms with Crippen molar-refractivity contribution in [1.82, 2.24) is 4.90 Å². The third kappa shape index (κ3) is 4.20. The van der Waals surface area contributed by atoms with Crippen LogP contribution in [0.3, 0.4) is 0 Å². The number of amidine groups is 1. The first-order valence-corrected chi connectivity index (χ1v) is 5.56. The van der Waals surface area contributed by atoms with Gasteiger partial charge in [0, 0.05) is 13.1 Å². The van der Waals surface area contributed by atoms with Crippen LogP contribution in [-0.4, -0.2) is 40.8 Å². The van der Waals surface area contributed by atoms with E-state index in [0.717, 1.165) is 24.6 Å². The summed E-state index contributed by atoms with van der Waals surface area (Å²) >= 11 is 1.03. The van der Waals surface area contributed by atoms with Crippen molar-refractivity contribution in [2.75, 3.05) is 12.8 Å². The van der Waals surface area contributed by atoms with E-state index in [2.05, 4.69) is 4.99 Å². The van der Waals surface area contributed by atoms with E-state index in [4.69, 9.17) is 16.9 Å². The molecule has 1 aliphatic carbocycles. The molecule has 0 heterocycles. The minimum atomic E-state index is -0.157. The summed E-state index contributed by atoms with van der Waals surface area (Å²) in [5.74, 6) is 0.0661. The largest absolute Gasteiger partial charge is 0.370 e. The Bertz CT molecular complexity index is 295. The number of amides is 1. The van der Waals surface area contributed by atoms with Crippen molar-refractivity contribution in [1.29, 1.82) is 5.41 Å². The van der Waals surface area contributed by atoms with E-state index in [1.54, 1.807) is 11.9 Å². The van der Waals surface area contributed by atoms with Gasteiger partial charge in [-0.3, -0.25) is 10.2 Å². The van der Waals surface area contributed by atoms with Gasteiger partial charge >= 0.3 is 0 Å². The summed E-state index contributed by atoms with van der Waals surface area (Å²) < 4.78 is 0. The normalized spacial score (nSPS) is 14.5. The van der Waals surface area contributed by atoms with Gasteiger partial charge in [0.1, 0.15) is 0 Å². The zero-order chi connectivity index (χ0) is 11.4. The van der Waals surface area contributed by atoms with Crippen LogP contribution in [0.5, 0.6) is 0 Å². The predicted octanol–water partition coefficient (Wildman–Crippen LogP) is -0.451. The van der Waals surface area contributed by atoms with Crippen LogP contribution in [0.4, 0.5) is 0 Å². The van der Waals surface area contributed by atoms with Crippen LogP contribution >= 0.6 is 11.8 Å². The molecule has 0 spiro atoms. The van der Waals surface area contributed by atoms with Gasteiger partial charge in [-0.2, -0.15) is 4.99 Å². The molecule has 15 heavy (non-hydrogen) atoms. The minimum absolute atomic E-state index is 0.0121. The highest BCUT2D eigenvalue weighted by atomic mass is 32.2. The number of guanidine groups is 1. The monoisotopic (exact) mass is 229 g/mol. The molecular weight excluding hydrogens is 214 g/mol. The van der Waals surface area contributed by atoms with E-state index >= 15 is 0 Å². The molecule has 0 aromatic carbocycles. The lowest BCUT2D eigenvalue weighted by atomic mass is 10.5. The lowest BCUT2D eigenvalue weighted by Crippen LogP contribution is -2.30. The van der Waals surface area contributed by atoms with Gasteiger partial charge in [-0.25, -0.2) is 0 Å². The molecule has 0 aromatic heterocycles. The first-order chi connectivity index (χ1) is 7.00. The quantitative estimate of drug-likeness (QED) is 0.450. The number of nitrogens with one attached hydrogen (secondary N) is 1. The third-order valence-corrected chi connectivity index (χ3v) is 2.81. The molecule has 0 aliphatic heterocycles. The molecule has 1 rings (SSSR count). The molecule has 1 aliphatic rings. The van der Waals surface area contributed by atoms with Crippen LogP contribution in [0.15, 0.2) is 4.99 Å². The summed E-state index contributed by atoms with van der Waals surface area (Å²) in [6, 6.07) is 0.398. The Labute approximate surface area is 92.6 Å². The molecule has 5 N–H and O–H groups in total. The molecule has 0 bridgehead atoms. The Balaban J connectivity index is 2.27. The lowest BCUT2D eigenvalue weighted by molar-refractivity contribution is -0.127. The van der Waals surface area contributed by atoms with E-state index in [-0.39, 0.29) is 22.8 Å². The topological polar surface area (TPSA) is 109 Å². The molecule has 1 fully saturated rings. The Morgan fingerprint density at radius 3 is 2.67 bits per heavy atom. The highest BCUT2D eigenvalue weighted by molar-refractivity contribution is 8.14. The number of nitrogens with two attached hydrogens (primary N) is 2. The van der Waals surface area contributed by atoms with Gasteiger partial charge in [-0.15, -0.1) is 0 Å². The fourth-order valence-corrected chi connectivity index (χ4v) is 1.68. The number of nitrogens with zero attached hydrogens (tertiary/aromatic N) is 2. The molecule has 7 heteroatoms. The standard InChI is InChI=1S/C8H15N5OS/c1-13(5-2-3-5)6(14)4-15-8(11)12-7(9)10/h5H,2-4H2,1H3,(H5,9,10,11,12). The molecule has 1 amide bonds. The summed E-state index contributed by atoms with van der Waals surface area (Å²) in [6.45, 7) is 0. The van der Waals surface area contributed by atoms with Gasteiger partial charge in [-0.05, 0) is 12.8 Å². The molecule has 1 saturated carbocycles. The van der Waals surface area contributed by atoms with Crippen molar-refractivity contribution in [2.24, 2.45) is 16.5 Å². The SMILES string of the molecule is CN(C(=O)CSC(=N)N=C(N)N)C1CC1. The first kappa shape index (κ1) is 11.8. The lowest BCUT2D eigenvalue weighted by Gasteiger charge is -2.15. The molecule has 0 atom stereocenters. The van der Waals surface area contributed by atoms with Crippen LogP contribution in [-0.2, 0) is 4.79 Å². The number of rotatable bonds is 3. The molecule has 0 unspecified atom stereocenters. The van der Waals surface area contributed by atoms with Crippen LogP contribution in [0.25, 0.3) is 0 Å². The van der Waals surface area contributed by atoms with Gasteiger partial charge < -0.3 is 16.4 Å². The first-order valence-electron chi connectivity index (χ1n) is 4.57. The summed E-state index contributed by atoms with van der Waals surface area (Å²) in [4.78, 5) is 16.7. The Morgan fingerprint density at radius 1 is 1.60 bits per heavy atom. The van der Waals surface area contributed by atoms with Crippen molar-refractivity contribution in [3.63, 3.8) is 0 Å². The zero-order valence-electron chi connectivity index (χ0n) is 8.56. The summed E-state index contributed by atoms with van der Waals surface area (Å²) in [5, 5.41) is 7.29. The van der Waals surface area contributed by atoms with Gasteiger partial charge in [0.25, 0.3) is 0 Å². The fourth-order valence-electron chi connectivity index (χ4n) is 1.05. The van der Waals surface area contributed by atoms with E-state index in [0.29, 0.717) is 6.04 Å². The highest BCUT2D eigenvalue weighted by Crippen LogP contribution is 2.25. The Morgan fingerprint density at radius 2 is 2.20 bits per heavy atom. The average Bonchev–Trinajstić information content (AvgIpc) is 2.95. The minimum Gasteiger partial charge on any atom is -0.370 e. The molecule has 6 nitrogen and oxygen atoms in total. The van der Waals surface area contributed by atoms with Crippen LogP contribution in [0, 0.1) is 5.41 Å². The van der Waals surface area contributed by atoms with E-state index < -0.39 is 0 Å². The zero-order valence-corrected chi connectivity index (χ0v) is 9.38. The number of aliphatic imine (C=N–C) groups is 1. The number of carbonyl (C=O) groups is 1. The molecular formula is C8H15N5OS. The van der Waals surface area contributed by atoms with E-state index in [9.17, 15) is 4.79 Å². The number of hydrogen-bond acceptors (Lipinski definition) is 3. The summed E-state index contributed by atoms with van der Waals surface area (Å²) in [7, 11) is 1.78. The van der Waals surface area contributed by atoms with Gasteiger partial charge in [0.2, 0.25) is 5.91 Å². The van der Waals surface area contributed by atoms with E-state index in [1.807, 2.05) is 0 Å². The molecule has 0 aromatic rings. The van der Waals surface area contributed by atoms with Crippen molar-refractivity contribution < 1.29 is 4.79 Å². The average molecular weight is 229 g/mol. The number of hydrogen-bond donors (Lipinski definition) is 3. The number of thioether (sulfide) groups is 1. The highest BCUT2D eigenvalue weighted by Gasteiger charge is 2.29. The summed E-state index contributed by atoms with van der Waals surface area (Å²) in [6.07, 6.45) is 2.16. The maximum absolute atomic E-state index is 11.5. The Kier molecular flexibility index (Phi) is 3.96. The van der Waals surface area contributed by atoms with Crippen LogP contribution in [0.2, 0.25) is 0 Å². The van der Waals surface area contributed by atoms with E-state index in [1.165, 1.54) is 0 Å². The van der Waals surface area contributed by atoms with Gasteiger partial charge in [0.05, 0.1) is 5.75 Å². The number of carbonyl (C=O) groups excluding carboxylic acids is 1. The molecule has 0 radical (unpaired) electrons. The van der Waals surface area contributed by atoms with Crippen molar-refractivity contribution in [3.8, 4) is 0 Å². The Hall–Kier alpha value is -1.24. The third-order valence-electron chi connectivity index (χ3n) is 2.05. The van der Waals surface area contributed by atoms with Gasteiger partial charge in [-0.1, -0.05) is 11.8 Å². The smallest absolute Gasteiger partial charge is 0.233 e. The van der Waals surface area contributed by atoms with Crippen LogP contribution < -0.4 is 11.5 Å². The van der Waals surface area contributed by atoms with Gasteiger partial charge in [0.15, 0.2) is 11.1 Å². The maximum Gasteiger partial charge on any atom is 0.233 e. The predicted molar refractivity (Wildman–Crippen MR) is 61.8 cm³/mol. The molecule has 0 saturated heterocycles. The second-order valence-electron chi connectivity index (χ2n) is 3.37. The maximum atomic E-state index is 11.5. The van der Waals surface area contributed by atoms with Crippen molar-refractivity contribution >= 4 is 28.8 Å². The van der Waals surface area contributed by atoms with Crippen LogP contribution in [0.1, 0.15) is 12.8 Å². The van der Waals surface area contributed by atoms with Crippen molar-refractivity contribution in [2.45, 2.75) is 18.9 Å². The second kappa shape index (κ2) is 5.01. The fraction of sp³-hybridized carbons (Fsp3) is 0.625. The molecule has 84 valence electrons.